The van der Waals surface area contributed by atoms with E-state index in [0.717, 1.165) is 22.4 Å². The molecule has 0 aromatic heterocycles. The van der Waals surface area contributed by atoms with Gasteiger partial charge in [-0.15, -0.1) is 11.8 Å². The van der Waals surface area contributed by atoms with E-state index in [-0.39, 0.29) is 12.0 Å². The maximum Gasteiger partial charge on any atom is 0.209 e. The Hall–Kier alpha value is -3.03. The van der Waals surface area contributed by atoms with Crippen LogP contribution in [0.3, 0.4) is 0 Å². The highest BCUT2D eigenvalue weighted by atomic mass is 32.2. The molecule has 0 bridgehead atoms. The molecule has 0 radical (unpaired) electrons. The van der Waals surface area contributed by atoms with Gasteiger partial charge >= 0.3 is 0 Å². The fourth-order valence-corrected chi connectivity index (χ4v) is 4.73. The van der Waals surface area contributed by atoms with E-state index in [1.807, 2.05) is 29.4 Å². The summed E-state index contributed by atoms with van der Waals surface area (Å²) in [7, 11) is 1.63. The fourth-order valence-electron chi connectivity index (χ4n) is 4.05. The highest BCUT2D eigenvalue weighted by Gasteiger charge is 2.38. The Morgan fingerprint density at radius 1 is 1.09 bits per heavy atom. The van der Waals surface area contributed by atoms with Crippen LogP contribution in [0.4, 0.5) is 10.1 Å². The predicted molar refractivity (Wildman–Crippen MR) is 130 cm³/mol. The third kappa shape index (κ3) is 3.61. The van der Waals surface area contributed by atoms with Gasteiger partial charge in [0.15, 0.2) is 11.5 Å². The van der Waals surface area contributed by atoms with Gasteiger partial charge in [0.05, 0.1) is 12.7 Å². The standard InChI is InChI=1S/C25H21FN2O2S2/c1-29-21-5-3-4-16-14-20-24(31)27-23(15-6-12-19(32-2)13-7-15)28(25(20)30-22(16)21)18-10-8-17(26)9-11-18/h3-13,23H,14H2,1-2H3,(H,27,31)/t23-/m1/s1. The zero-order valence-corrected chi connectivity index (χ0v) is 19.2. The summed E-state index contributed by atoms with van der Waals surface area (Å²) in [5, 5.41) is 3.48. The molecule has 3 aromatic rings. The SMILES string of the molecule is COc1cccc2c1OC1=C(C2)C(=S)N[C@@H](c2ccc(SC)cc2)N1c1ccc(F)cc1. The van der Waals surface area contributed by atoms with E-state index in [1.165, 1.54) is 17.0 Å². The first kappa shape index (κ1) is 20.8. The van der Waals surface area contributed by atoms with Gasteiger partial charge in [-0.2, -0.15) is 0 Å². The van der Waals surface area contributed by atoms with E-state index >= 15 is 0 Å². The molecule has 0 amide bonds. The van der Waals surface area contributed by atoms with Crippen LogP contribution in [0.25, 0.3) is 0 Å². The summed E-state index contributed by atoms with van der Waals surface area (Å²) < 4.78 is 25.8. The maximum atomic E-state index is 13.7. The van der Waals surface area contributed by atoms with Gasteiger partial charge in [-0.3, -0.25) is 4.90 Å². The van der Waals surface area contributed by atoms with Crippen molar-refractivity contribution in [3.05, 3.63) is 95.1 Å². The van der Waals surface area contributed by atoms with Crippen molar-refractivity contribution in [3.8, 4) is 11.5 Å². The lowest BCUT2D eigenvalue weighted by atomic mass is 9.98. The number of para-hydroxylation sites is 1. The molecule has 0 saturated carbocycles. The Bertz CT molecular complexity index is 1210. The molecule has 0 saturated heterocycles. The summed E-state index contributed by atoms with van der Waals surface area (Å²) in [5.74, 6) is 1.69. The molecule has 0 aliphatic carbocycles. The van der Waals surface area contributed by atoms with E-state index in [0.29, 0.717) is 28.8 Å². The second-order valence-corrected chi connectivity index (χ2v) is 8.79. The van der Waals surface area contributed by atoms with Crippen LogP contribution in [0, 0.1) is 5.82 Å². The first-order valence-corrected chi connectivity index (χ1v) is 11.8. The van der Waals surface area contributed by atoms with Gasteiger partial charge in [0.2, 0.25) is 5.88 Å². The average Bonchev–Trinajstić information content (AvgIpc) is 2.83. The lowest BCUT2D eigenvalue weighted by molar-refractivity contribution is 0.327. The number of nitrogens with zero attached hydrogens (tertiary/aromatic N) is 1. The van der Waals surface area contributed by atoms with Crippen molar-refractivity contribution in [2.45, 2.75) is 17.5 Å². The van der Waals surface area contributed by atoms with Gasteiger partial charge < -0.3 is 14.8 Å². The first-order chi connectivity index (χ1) is 15.6. The number of thiocarbonyl (C=S) groups is 1. The molecule has 2 aliphatic rings. The minimum Gasteiger partial charge on any atom is -0.493 e. The number of hydrogen-bond acceptors (Lipinski definition) is 5. The Morgan fingerprint density at radius 3 is 2.53 bits per heavy atom. The lowest BCUT2D eigenvalue weighted by Crippen LogP contribution is -2.49. The van der Waals surface area contributed by atoms with Crippen LogP contribution >= 0.6 is 24.0 Å². The normalized spacial score (nSPS) is 17.3. The van der Waals surface area contributed by atoms with Crippen LogP contribution in [-0.2, 0) is 6.42 Å². The summed E-state index contributed by atoms with van der Waals surface area (Å²) in [6, 6.07) is 20.6. The number of benzene rings is 3. The van der Waals surface area contributed by atoms with Crippen molar-refractivity contribution >= 4 is 34.7 Å². The molecular weight excluding hydrogens is 443 g/mol. The Kier molecular flexibility index (Phi) is 5.53. The van der Waals surface area contributed by atoms with Crippen LogP contribution in [0.1, 0.15) is 17.3 Å². The number of ether oxygens (including phenoxy) is 2. The van der Waals surface area contributed by atoms with Crippen LogP contribution in [0.15, 0.2) is 83.1 Å². The van der Waals surface area contributed by atoms with Gasteiger partial charge in [-0.1, -0.05) is 36.5 Å². The first-order valence-electron chi connectivity index (χ1n) is 10.2. The van der Waals surface area contributed by atoms with Crippen molar-refractivity contribution in [3.63, 3.8) is 0 Å². The number of rotatable bonds is 4. The van der Waals surface area contributed by atoms with Crippen molar-refractivity contribution in [1.29, 1.82) is 0 Å². The predicted octanol–water partition coefficient (Wildman–Crippen LogP) is 5.84. The van der Waals surface area contributed by atoms with E-state index in [1.54, 1.807) is 31.0 Å². The van der Waals surface area contributed by atoms with Crippen LogP contribution in [-0.4, -0.2) is 18.4 Å². The number of thioether (sulfide) groups is 1. The maximum absolute atomic E-state index is 13.7. The molecule has 4 nitrogen and oxygen atoms in total. The van der Waals surface area contributed by atoms with Crippen molar-refractivity contribution in [2.24, 2.45) is 0 Å². The Labute approximate surface area is 196 Å². The second-order valence-electron chi connectivity index (χ2n) is 7.51. The summed E-state index contributed by atoms with van der Waals surface area (Å²) in [6.07, 6.45) is 2.36. The third-order valence-corrected chi connectivity index (χ3v) is 6.77. The monoisotopic (exact) mass is 464 g/mol. The molecule has 7 heteroatoms. The highest BCUT2D eigenvalue weighted by Crippen LogP contribution is 2.44. The highest BCUT2D eigenvalue weighted by molar-refractivity contribution is 7.98. The lowest BCUT2D eigenvalue weighted by Gasteiger charge is -2.43. The van der Waals surface area contributed by atoms with Crippen molar-refractivity contribution in [2.75, 3.05) is 18.3 Å². The summed E-state index contributed by atoms with van der Waals surface area (Å²) in [4.78, 5) is 3.85. The van der Waals surface area contributed by atoms with Crippen LogP contribution in [0.5, 0.6) is 11.5 Å². The molecule has 2 heterocycles. The van der Waals surface area contributed by atoms with Crippen molar-refractivity contribution < 1.29 is 13.9 Å². The summed E-state index contributed by atoms with van der Waals surface area (Å²) >= 11 is 7.46. The molecule has 1 atom stereocenters. The number of nitrogens with one attached hydrogen (secondary N) is 1. The molecule has 3 aromatic carbocycles. The minimum atomic E-state index is -0.307. The quantitative estimate of drug-likeness (QED) is 0.386. The van der Waals surface area contributed by atoms with E-state index in [2.05, 4.69) is 29.6 Å². The number of fused-ring (bicyclic) bond motifs is 1. The Balaban J connectivity index is 1.65. The van der Waals surface area contributed by atoms with Gasteiger partial charge in [-0.05, 0) is 54.3 Å². The summed E-state index contributed by atoms with van der Waals surface area (Å²) in [6.45, 7) is 0. The number of hydrogen-bond donors (Lipinski definition) is 1. The largest absolute Gasteiger partial charge is 0.493 e. The van der Waals surface area contributed by atoms with Crippen molar-refractivity contribution in [1.82, 2.24) is 5.32 Å². The van der Waals surface area contributed by atoms with Crippen LogP contribution in [0.2, 0.25) is 0 Å². The van der Waals surface area contributed by atoms with Gasteiger partial charge in [0.25, 0.3) is 0 Å². The zero-order valence-electron chi connectivity index (χ0n) is 17.6. The van der Waals surface area contributed by atoms with E-state index < -0.39 is 0 Å². The minimum absolute atomic E-state index is 0.291. The third-order valence-electron chi connectivity index (χ3n) is 5.66. The molecular formula is C25H21FN2O2S2. The van der Waals surface area contributed by atoms with Crippen LogP contribution < -0.4 is 19.7 Å². The molecule has 2 aliphatic heterocycles. The average molecular weight is 465 g/mol. The summed E-state index contributed by atoms with van der Waals surface area (Å²) in [5.41, 5.74) is 3.72. The molecule has 0 unspecified atom stereocenters. The van der Waals surface area contributed by atoms with E-state index in [4.69, 9.17) is 21.7 Å². The Morgan fingerprint density at radius 2 is 1.84 bits per heavy atom. The molecule has 1 N–H and O–H groups in total. The van der Waals surface area contributed by atoms with Gasteiger partial charge in [0, 0.05) is 22.6 Å². The smallest absolute Gasteiger partial charge is 0.209 e. The molecule has 162 valence electrons. The molecule has 0 fully saturated rings. The van der Waals surface area contributed by atoms with Gasteiger partial charge in [0.1, 0.15) is 17.0 Å². The van der Waals surface area contributed by atoms with Gasteiger partial charge in [-0.25, -0.2) is 4.39 Å². The molecule has 32 heavy (non-hydrogen) atoms. The molecule has 5 rings (SSSR count). The topological polar surface area (TPSA) is 33.7 Å². The number of anilines is 1. The second kappa shape index (κ2) is 8.48. The van der Waals surface area contributed by atoms with E-state index in [9.17, 15) is 4.39 Å². The number of methoxy groups -OCH3 is 1. The zero-order chi connectivity index (χ0) is 22.2. The molecule has 0 spiro atoms. The number of halogens is 1. The fraction of sp³-hybridized carbons (Fsp3) is 0.160.